The molecule has 190 valence electrons. The van der Waals surface area contributed by atoms with Crippen LogP contribution in [0.2, 0.25) is 4.34 Å². The molecule has 0 aliphatic carbocycles. The Morgan fingerprint density at radius 1 is 1.25 bits per heavy atom. The number of nitrogens with one attached hydrogen (secondary N) is 1. The SMILES string of the molecule is COc1cccc2c1cc(OC(=O)NC1CCN(C(C)C)CC1)n2Cc1cc(-c2ccc(Cl)s2)on1. The van der Waals surface area contributed by atoms with Gasteiger partial charge in [-0.2, -0.15) is 0 Å². The summed E-state index contributed by atoms with van der Waals surface area (Å²) in [6, 6.07) is 13.8. The molecule has 1 fully saturated rings. The first-order valence-electron chi connectivity index (χ1n) is 12.0. The van der Waals surface area contributed by atoms with Crippen LogP contribution >= 0.6 is 22.9 Å². The molecule has 5 rings (SSSR count). The quantitative estimate of drug-likeness (QED) is 0.315. The van der Waals surface area contributed by atoms with E-state index in [4.69, 9.17) is 25.6 Å². The molecule has 8 nitrogen and oxygen atoms in total. The third kappa shape index (κ3) is 5.23. The van der Waals surface area contributed by atoms with E-state index in [9.17, 15) is 4.79 Å². The van der Waals surface area contributed by atoms with Gasteiger partial charge in [0.1, 0.15) is 11.4 Å². The van der Waals surface area contributed by atoms with Crippen LogP contribution in [-0.2, 0) is 6.54 Å². The number of aromatic nitrogens is 2. The number of piperidine rings is 1. The third-order valence-corrected chi connectivity index (χ3v) is 7.81. The number of benzene rings is 1. The van der Waals surface area contributed by atoms with Crippen molar-refractivity contribution in [2.24, 2.45) is 0 Å². The summed E-state index contributed by atoms with van der Waals surface area (Å²) in [5.74, 6) is 1.76. The monoisotopic (exact) mass is 528 g/mol. The molecule has 4 aromatic rings. The number of methoxy groups -OCH3 is 1. The van der Waals surface area contributed by atoms with E-state index in [2.05, 4.69) is 29.2 Å². The molecule has 1 amide bonds. The number of carbonyl (C=O) groups excluding carboxylic acids is 1. The Morgan fingerprint density at radius 3 is 2.75 bits per heavy atom. The Balaban J connectivity index is 1.37. The van der Waals surface area contributed by atoms with Crippen LogP contribution in [0.1, 0.15) is 32.4 Å². The zero-order chi connectivity index (χ0) is 25.2. The number of thiophene rings is 1. The maximum atomic E-state index is 12.9. The molecule has 1 aliphatic heterocycles. The van der Waals surface area contributed by atoms with Gasteiger partial charge in [-0.3, -0.25) is 0 Å². The maximum Gasteiger partial charge on any atom is 0.414 e. The molecule has 3 aromatic heterocycles. The summed E-state index contributed by atoms with van der Waals surface area (Å²) in [7, 11) is 1.62. The Hall–Kier alpha value is -3.01. The zero-order valence-electron chi connectivity index (χ0n) is 20.5. The first-order chi connectivity index (χ1) is 17.4. The van der Waals surface area contributed by atoms with E-state index in [0.29, 0.717) is 40.0 Å². The van der Waals surface area contributed by atoms with Crippen molar-refractivity contribution in [1.29, 1.82) is 0 Å². The van der Waals surface area contributed by atoms with E-state index in [1.165, 1.54) is 11.3 Å². The number of likely N-dealkylation sites (tertiary alicyclic amines) is 1. The molecular weight excluding hydrogens is 500 g/mol. The minimum Gasteiger partial charge on any atom is -0.496 e. The second-order valence-corrected chi connectivity index (χ2v) is 10.9. The highest BCUT2D eigenvalue weighted by Crippen LogP contribution is 2.35. The highest BCUT2D eigenvalue weighted by molar-refractivity contribution is 7.19. The second kappa shape index (κ2) is 10.5. The van der Waals surface area contributed by atoms with E-state index in [1.54, 1.807) is 7.11 Å². The van der Waals surface area contributed by atoms with Crippen LogP contribution in [-0.4, -0.2) is 53.0 Å². The highest BCUT2D eigenvalue weighted by Gasteiger charge is 2.24. The number of halogens is 1. The van der Waals surface area contributed by atoms with Crippen LogP contribution in [0.25, 0.3) is 21.5 Å². The van der Waals surface area contributed by atoms with E-state index >= 15 is 0 Å². The Morgan fingerprint density at radius 2 is 2.06 bits per heavy atom. The van der Waals surface area contributed by atoms with Crippen LogP contribution < -0.4 is 14.8 Å². The van der Waals surface area contributed by atoms with Crippen molar-refractivity contribution in [2.75, 3.05) is 20.2 Å². The van der Waals surface area contributed by atoms with Gasteiger partial charge < -0.3 is 28.8 Å². The molecule has 0 saturated carbocycles. The van der Waals surface area contributed by atoms with Crippen LogP contribution in [0.5, 0.6) is 11.6 Å². The van der Waals surface area contributed by atoms with E-state index in [0.717, 1.165) is 41.7 Å². The standard InChI is InChI=1S/C26H29ClN4O4S/c1-16(2)30-11-9-17(10-12-30)28-26(32)34-25-14-19-20(5-4-6-21(19)33-3)31(25)15-18-13-22(35-29-18)23-7-8-24(27)36-23/h4-8,13-14,16-17H,9-12,15H2,1-3H3,(H,28,32). The summed E-state index contributed by atoms with van der Waals surface area (Å²) in [5.41, 5.74) is 1.56. The van der Waals surface area contributed by atoms with Crippen LogP contribution in [0.4, 0.5) is 4.79 Å². The number of fused-ring (bicyclic) bond motifs is 1. The second-order valence-electron chi connectivity index (χ2n) is 9.19. The zero-order valence-corrected chi connectivity index (χ0v) is 22.1. The van der Waals surface area contributed by atoms with Gasteiger partial charge in [0.2, 0.25) is 5.88 Å². The van der Waals surface area contributed by atoms with Gasteiger partial charge in [0, 0.05) is 42.7 Å². The van der Waals surface area contributed by atoms with Crippen molar-refractivity contribution in [3.05, 3.63) is 52.5 Å². The lowest BCUT2D eigenvalue weighted by Gasteiger charge is -2.34. The predicted octanol–water partition coefficient (Wildman–Crippen LogP) is 6.03. The van der Waals surface area contributed by atoms with Crippen molar-refractivity contribution in [2.45, 2.75) is 45.3 Å². The van der Waals surface area contributed by atoms with Crippen molar-refractivity contribution < 1.29 is 18.8 Å². The van der Waals surface area contributed by atoms with Crippen molar-refractivity contribution in [3.8, 4) is 22.3 Å². The van der Waals surface area contributed by atoms with E-state index in [1.807, 2.05) is 47.0 Å². The first kappa shape index (κ1) is 24.7. The van der Waals surface area contributed by atoms with Crippen LogP contribution in [0.3, 0.4) is 0 Å². The van der Waals surface area contributed by atoms with Gasteiger partial charge in [-0.15, -0.1) is 11.3 Å². The average molecular weight is 529 g/mol. The number of ether oxygens (including phenoxy) is 2. The summed E-state index contributed by atoms with van der Waals surface area (Å²) in [5, 5.41) is 8.13. The van der Waals surface area contributed by atoms with Gasteiger partial charge in [0.25, 0.3) is 0 Å². The Kier molecular flexibility index (Phi) is 7.22. The van der Waals surface area contributed by atoms with Gasteiger partial charge in [-0.05, 0) is 51.0 Å². The van der Waals surface area contributed by atoms with Crippen molar-refractivity contribution in [3.63, 3.8) is 0 Å². The number of rotatable bonds is 7. The van der Waals surface area contributed by atoms with Gasteiger partial charge in [-0.1, -0.05) is 22.8 Å². The highest BCUT2D eigenvalue weighted by atomic mass is 35.5. The summed E-state index contributed by atoms with van der Waals surface area (Å²) in [6.45, 7) is 6.67. The maximum absolute atomic E-state index is 12.9. The summed E-state index contributed by atoms with van der Waals surface area (Å²) < 4.78 is 19.5. The molecular formula is C26H29ClN4O4S. The molecule has 0 unspecified atom stereocenters. The molecule has 10 heteroatoms. The van der Waals surface area contributed by atoms with Gasteiger partial charge in [0.15, 0.2) is 5.76 Å². The molecule has 1 aliphatic rings. The summed E-state index contributed by atoms with van der Waals surface area (Å²) in [6.07, 6.45) is 1.34. The summed E-state index contributed by atoms with van der Waals surface area (Å²) >= 11 is 7.50. The number of hydrogen-bond acceptors (Lipinski definition) is 7. The van der Waals surface area contributed by atoms with Crippen molar-refractivity contribution >= 4 is 39.9 Å². The average Bonchev–Trinajstić information content (AvgIpc) is 3.59. The molecule has 4 heterocycles. The molecule has 0 bridgehead atoms. The predicted molar refractivity (Wildman–Crippen MR) is 141 cm³/mol. The number of hydrogen-bond donors (Lipinski definition) is 1. The molecule has 1 N–H and O–H groups in total. The van der Waals surface area contributed by atoms with Gasteiger partial charge >= 0.3 is 6.09 Å². The molecule has 0 radical (unpaired) electrons. The smallest absolute Gasteiger partial charge is 0.414 e. The molecule has 0 atom stereocenters. The van der Waals surface area contributed by atoms with E-state index < -0.39 is 6.09 Å². The summed E-state index contributed by atoms with van der Waals surface area (Å²) in [4.78, 5) is 16.2. The largest absolute Gasteiger partial charge is 0.496 e. The number of amides is 1. The Bertz CT molecular complexity index is 1350. The minimum absolute atomic E-state index is 0.0931. The number of carbonyl (C=O) groups is 1. The fourth-order valence-corrected chi connectivity index (χ4v) is 5.61. The Labute approximate surface area is 218 Å². The van der Waals surface area contributed by atoms with E-state index in [-0.39, 0.29) is 6.04 Å². The number of nitrogens with zero attached hydrogens (tertiary/aromatic N) is 3. The lowest BCUT2D eigenvalue weighted by atomic mass is 10.0. The topological polar surface area (TPSA) is 81.8 Å². The fourth-order valence-electron chi connectivity index (χ4n) is 4.62. The molecule has 1 saturated heterocycles. The van der Waals surface area contributed by atoms with Crippen LogP contribution in [0.15, 0.2) is 47.0 Å². The molecule has 36 heavy (non-hydrogen) atoms. The lowest BCUT2D eigenvalue weighted by molar-refractivity contribution is 0.151. The van der Waals surface area contributed by atoms with Gasteiger partial charge in [-0.25, -0.2) is 4.79 Å². The van der Waals surface area contributed by atoms with Gasteiger partial charge in [0.05, 0.1) is 28.4 Å². The fraction of sp³-hybridized carbons (Fsp3) is 0.385. The minimum atomic E-state index is -0.463. The third-order valence-electron chi connectivity index (χ3n) is 6.56. The first-order valence-corrected chi connectivity index (χ1v) is 13.2. The molecule has 1 aromatic carbocycles. The lowest BCUT2D eigenvalue weighted by Crippen LogP contribution is -2.47. The van der Waals surface area contributed by atoms with Crippen molar-refractivity contribution in [1.82, 2.24) is 19.9 Å². The van der Waals surface area contributed by atoms with Crippen LogP contribution in [0, 0.1) is 0 Å². The molecule has 0 spiro atoms. The normalized spacial score (nSPS) is 15.0.